The Hall–Kier alpha value is 0.570. The summed E-state index contributed by atoms with van der Waals surface area (Å²) >= 11 is 2.25. The van der Waals surface area contributed by atoms with Crippen LogP contribution in [-0.2, 0) is 4.74 Å². The molecular weight excluding hydrogens is 341 g/mol. The second-order valence-corrected chi connectivity index (χ2v) is 5.83. The maximum atomic E-state index is 5.07. The molecule has 0 amide bonds. The molecule has 1 aliphatic heterocycles. The van der Waals surface area contributed by atoms with Gasteiger partial charge in [-0.25, -0.2) is 0 Å². The Kier molecular flexibility index (Phi) is 9.58. The second-order valence-electron chi connectivity index (χ2n) is 5.21. The van der Waals surface area contributed by atoms with Crippen LogP contribution in [0.25, 0.3) is 0 Å². The van der Waals surface area contributed by atoms with Gasteiger partial charge in [-0.1, -0.05) is 0 Å². The predicted molar refractivity (Wildman–Crippen MR) is 85.2 cm³/mol. The molecule has 108 valence electrons. The summed E-state index contributed by atoms with van der Waals surface area (Å²) in [6.45, 7) is 10.5. The normalized spacial score (nSPS) is 20.2. The van der Waals surface area contributed by atoms with E-state index in [4.69, 9.17) is 4.74 Å². The van der Waals surface area contributed by atoms with E-state index >= 15 is 0 Å². The van der Waals surface area contributed by atoms with Crippen molar-refractivity contribution in [1.29, 1.82) is 0 Å². The lowest BCUT2D eigenvalue weighted by atomic mass is 10.2. The van der Waals surface area contributed by atoms with Gasteiger partial charge in [-0.2, -0.15) is 0 Å². The molecule has 1 rings (SSSR count). The summed E-state index contributed by atoms with van der Waals surface area (Å²) in [5.74, 6) is 0. The molecule has 1 N–H and O–H groups in total. The largest absolute Gasteiger partial charge is 0.385 e. The molecule has 1 aliphatic rings. The van der Waals surface area contributed by atoms with Crippen molar-refractivity contribution in [3.05, 3.63) is 0 Å². The van der Waals surface area contributed by atoms with Crippen LogP contribution < -0.4 is 3.53 Å². The Morgan fingerprint density at radius 1 is 1.11 bits per heavy atom. The number of nitrogens with one attached hydrogen (secondary N) is 1. The van der Waals surface area contributed by atoms with Gasteiger partial charge in [-0.3, -0.25) is 8.43 Å². The number of hydrogen-bond donors (Lipinski definition) is 1. The van der Waals surface area contributed by atoms with Gasteiger partial charge in [0.05, 0.1) is 0 Å². The van der Waals surface area contributed by atoms with Crippen molar-refractivity contribution < 1.29 is 4.74 Å². The molecule has 5 heteroatoms. The molecule has 1 heterocycles. The molecule has 1 atom stereocenters. The first-order chi connectivity index (χ1) is 8.76. The van der Waals surface area contributed by atoms with E-state index in [9.17, 15) is 0 Å². The smallest absolute Gasteiger partial charge is 0.0462 e. The fraction of sp³-hybridized carbons (Fsp3) is 1.00. The third kappa shape index (κ3) is 7.23. The Morgan fingerprint density at radius 2 is 1.78 bits per heavy atom. The minimum Gasteiger partial charge on any atom is -0.385 e. The van der Waals surface area contributed by atoms with E-state index in [0.29, 0.717) is 6.04 Å². The summed E-state index contributed by atoms with van der Waals surface area (Å²) < 4.78 is 8.35. The van der Waals surface area contributed by atoms with Gasteiger partial charge < -0.3 is 9.64 Å². The van der Waals surface area contributed by atoms with Gasteiger partial charge in [0, 0.05) is 75.3 Å². The lowest BCUT2D eigenvalue weighted by molar-refractivity contribution is 0.124. The Morgan fingerprint density at radius 3 is 2.39 bits per heavy atom. The van der Waals surface area contributed by atoms with Gasteiger partial charge in [0.1, 0.15) is 0 Å². The molecule has 1 fully saturated rings. The number of unbranched alkanes of at least 4 members (excludes halogenated alkanes) is 2. The average molecular weight is 369 g/mol. The highest BCUT2D eigenvalue weighted by Gasteiger charge is 2.17. The summed E-state index contributed by atoms with van der Waals surface area (Å²) in [6, 6.07) is 0.589. The van der Waals surface area contributed by atoms with Crippen LogP contribution in [0, 0.1) is 0 Å². The zero-order valence-corrected chi connectivity index (χ0v) is 14.0. The Labute approximate surface area is 126 Å². The van der Waals surface area contributed by atoms with Gasteiger partial charge in [0.25, 0.3) is 0 Å². The number of ether oxygens (including phenoxy) is 1. The highest BCUT2D eigenvalue weighted by molar-refractivity contribution is 14.1. The summed E-state index contributed by atoms with van der Waals surface area (Å²) in [6.07, 6.45) is 3.81. The van der Waals surface area contributed by atoms with E-state index in [1.807, 2.05) is 0 Å². The molecule has 0 saturated carbocycles. The Balaban J connectivity index is 2.01. The molecule has 0 aromatic carbocycles. The van der Waals surface area contributed by atoms with Crippen LogP contribution in [0.5, 0.6) is 0 Å². The maximum Gasteiger partial charge on any atom is 0.0462 e. The molecule has 0 spiro atoms. The first-order valence-corrected chi connectivity index (χ1v) is 8.14. The summed E-state index contributed by atoms with van der Waals surface area (Å²) in [7, 11) is 1.78. The number of piperazine rings is 1. The van der Waals surface area contributed by atoms with Crippen LogP contribution in [-0.4, -0.2) is 68.8 Å². The molecule has 0 aromatic rings. The van der Waals surface area contributed by atoms with E-state index in [1.165, 1.54) is 58.5 Å². The van der Waals surface area contributed by atoms with Crippen molar-refractivity contribution in [3.8, 4) is 0 Å². The fourth-order valence-electron chi connectivity index (χ4n) is 2.38. The maximum absolute atomic E-state index is 5.07. The highest BCUT2D eigenvalue weighted by atomic mass is 127. The molecule has 0 aromatic heterocycles. The van der Waals surface area contributed by atoms with Crippen molar-refractivity contribution in [2.75, 3.05) is 53.0 Å². The van der Waals surface area contributed by atoms with Gasteiger partial charge in [-0.15, -0.1) is 0 Å². The van der Waals surface area contributed by atoms with Crippen LogP contribution in [0.4, 0.5) is 0 Å². The van der Waals surface area contributed by atoms with Crippen molar-refractivity contribution in [2.24, 2.45) is 0 Å². The van der Waals surface area contributed by atoms with Crippen LogP contribution >= 0.6 is 22.9 Å². The van der Waals surface area contributed by atoms with E-state index in [-0.39, 0.29) is 0 Å². The highest BCUT2D eigenvalue weighted by Crippen LogP contribution is 2.05. The van der Waals surface area contributed by atoms with Gasteiger partial charge in [0.2, 0.25) is 0 Å². The topological polar surface area (TPSA) is 27.7 Å². The minimum absolute atomic E-state index is 0.589. The van der Waals surface area contributed by atoms with Gasteiger partial charge in [0.15, 0.2) is 0 Å². The monoisotopic (exact) mass is 369 g/mol. The van der Waals surface area contributed by atoms with Crippen LogP contribution in [0.3, 0.4) is 0 Å². The van der Waals surface area contributed by atoms with Gasteiger partial charge in [-0.05, 0) is 32.7 Å². The minimum atomic E-state index is 0.589. The van der Waals surface area contributed by atoms with Crippen LogP contribution in [0.2, 0.25) is 0 Å². The quantitative estimate of drug-likeness (QED) is 0.381. The van der Waals surface area contributed by atoms with Crippen molar-refractivity contribution in [2.45, 2.75) is 32.2 Å². The average Bonchev–Trinajstić information content (AvgIpc) is 2.40. The predicted octanol–water partition coefficient (Wildman–Crippen LogP) is 1.75. The SMILES string of the molecule is COCCCCCN1CCN(CC(C)NI)CC1. The molecule has 0 bridgehead atoms. The molecule has 1 unspecified atom stereocenters. The van der Waals surface area contributed by atoms with E-state index in [0.717, 1.165) is 6.61 Å². The van der Waals surface area contributed by atoms with E-state index in [2.05, 4.69) is 43.1 Å². The number of methoxy groups -OCH3 is 1. The van der Waals surface area contributed by atoms with Crippen LogP contribution in [0.1, 0.15) is 26.2 Å². The third-order valence-electron chi connectivity index (χ3n) is 3.51. The number of rotatable bonds is 9. The number of hydrogen-bond acceptors (Lipinski definition) is 4. The molecule has 0 aliphatic carbocycles. The lowest BCUT2D eigenvalue weighted by Gasteiger charge is -2.35. The number of nitrogens with zero attached hydrogens (tertiary/aromatic N) is 2. The zero-order valence-electron chi connectivity index (χ0n) is 11.8. The first-order valence-electron chi connectivity index (χ1n) is 7.06. The lowest BCUT2D eigenvalue weighted by Crippen LogP contribution is -2.49. The third-order valence-corrected chi connectivity index (χ3v) is 4.57. The molecule has 4 nitrogen and oxygen atoms in total. The Bertz CT molecular complexity index is 199. The molecule has 0 radical (unpaired) electrons. The van der Waals surface area contributed by atoms with Crippen molar-refractivity contribution >= 4 is 22.9 Å². The summed E-state index contributed by atoms with van der Waals surface area (Å²) in [4.78, 5) is 5.17. The van der Waals surface area contributed by atoms with Crippen molar-refractivity contribution in [1.82, 2.24) is 13.3 Å². The van der Waals surface area contributed by atoms with E-state index < -0.39 is 0 Å². The number of halogens is 1. The molecule has 1 saturated heterocycles. The first kappa shape index (κ1) is 16.6. The fourth-order valence-corrected chi connectivity index (χ4v) is 2.57. The zero-order chi connectivity index (χ0) is 13.2. The summed E-state index contributed by atoms with van der Waals surface area (Å²) in [5, 5.41) is 0. The molecule has 18 heavy (non-hydrogen) atoms. The van der Waals surface area contributed by atoms with E-state index in [1.54, 1.807) is 7.11 Å². The second kappa shape index (κ2) is 10.4. The summed E-state index contributed by atoms with van der Waals surface area (Å²) in [5.41, 5.74) is 0. The van der Waals surface area contributed by atoms with Gasteiger partial charge >= 0.3 is 0 Å². The standard InChI is InChI=1S/C13H28IN3O/c1-13(15-14)12-17-9-7-16(8-10-17)6-4-3-5-11-18-2/h13,15H,3-12H2,1-2H3. The van der Waals surface area contributed by atoms with Crippen molar-refractivity contribution in [3.63, 3.8) is 0 Å². The van der Waals surface area contributed by atoms with Crippen LogP contribution in [0.15, 0.2) is 0 Å². The molecular formula is C13H28IN3O.